The van der Waals surface area contributed by atoms with Crippen LogP contribution in [0.25, 0.3) is 0 Å². The van der Waals surface area contributed by atoms with Gasteiger partial charge in [-0.25, -0.2) is 0 Å². The molecule has 0 saturated heterocycles. The second kappa shape index (κ2) is 18.2. The Morgan fingerprint density at radius 2 is 0.690 bits per heavy atom. The number of ether oxygens (including phenoxy) is 2. The van der Waals surface area contributed by atoms with Gasteiger partial charge in [-0.1, -0.05) is 36.4 Å². The van der Waals surface area contributed by atoms with Gasteiger partial charge in [0.2, 0.25) is 5.41 Å². The number of benzene rings is 4. The molecule has 0 spiro atoms. The second-order valence-corrected chi connectivity index (χ2v) is 15.9. The van der Waals surface area contributed by atoms with Crippen molar-refractivity contribution in [1.82, 2.24) is 9.97 Å². The minimum Gasteiger partial charge on any atom is -0.457 e. The van der Waals surface area contributed by atoms with Gasteiger partial charge < -0.3 is 9.47 Å². The Bertz CT molecular complexity index is 2160. The maximum absolute atomic E-state index is 14.5. The fourth-order valence-corrected chi connectivity index (χ4v) is 7.16. The van der Waals surface area contributed by atoms with Crippen LogP contribution in [0.5, 0.6) is 23.0 Å². The number of rotatable bonds is 6. The van der Waals surface area contributed by atoms with Crippen LogP contribution >= 0.6 is 11.3 Å². The third-order valence-electron chi connectivity index (χ3n) is 10.5. The summed E-state index contributed by atoms with van der Waals surface area (Å²) in [5.41, 5.74) is 4.75. The molecule has 0 fully saturated rings. The zero-order chi connectivity index (χ0) is 43.3. The van der Waals surface area contributed by atoms with E-state index in [0.717, 1.165) is 93.6 Å². The molecule has 0 amide bonds. The van der Waals surface area contributed by atoms with Crippen LogP contribution in [0.3, 0.4) is 0 Å². The van der Waals surface area contributed by atoms with E-state index in [2.05, 4.69) is 37.7 Å². The van der Waals surface area contributed by atoms with Gasteiger partial charge in [0, 0.05) is 9.75 Å². The van der Waals surface area contributed by atoms with E-state index >= 15 is 0 Å². The van der Waals surface area contributed by atoms with Crippen LogP contribution in [0.4, 0.5) is 26.3 Å². The molecular weight excluding hydrogens is 771 g/mol. The summed E-state index contributed by atoms with van der Waals surface area (Å²) in [5.74, 6) is 1.06. The Balaban J connectivity index is 0.000000318. The normalized spacial score (nSPS) is 11.6. The molecule has 308 valence electrons. The molecule has 11 heteroatoms. The molecule has 2 heterocycles. The quantitative estimate of drug-likeness (QED) is 0.157. The zero-order valence-corrected chi connectivity index (χ0v) is 35.8. The summed E-state index contributed by atoms with van der Waals surface area (Å²) in [6.45, 7) is 24.2. The molecule has 4 nitrogen and oxygen atoms in total. The minimum absolute atomic E-state index is 0.109. The predicted octanol–water partition coefficient (Wildman–Crippen LogP) is 14.6. The molecule has 4 aromatic carbocycles. The average Bonchev–Trinajstić information content (AvgIpc) is 3.36. The first-order chi connectivity index (χ1) is 27.0. The number of alkyl halides is 6. The molecule has 6 aromatic rings. The van der Waals surface area contributed by atoms with E-state index in [9.17, 15) is 26.3 Å². The van der Waals surface area contributed by atoms with Crippen molar-refractivity contribution in [3.05, 3.63) is 162 Å². The van der Waals surface area contributed by atoms with Gasteiger partial charge >= 0.3 is 12.4 Å². The Kier molecular flexibility index (Phi) is 14.3. The molecule has 0 aliphatic heterocycles. The maximum Gasteiger partial charge on any atom is 0.411 e. The third kappa shape index (κ3) is 10.3. The largest absolute Gasteiger partial charge is 0.457 e. The van der Waals surface area contributed by atoms with Crippen LogP contribution in [-0.4, -0.2) is 22.3 Å². The standard InChI is InChI=1S/C31H26F6O2.C8H12N2.C8H12S/c1-19-5-11-27(17-21(19)3)38-25-13-7-23(8-14-25)29(30(32,33)34,31(35,36)37)24-9-15-26(16-10-24)39-28-12-6-20(2)22(4)18-28;1-5-6(2)10-8(4)7(3)9-5;1-5-6(2)8(4)9-7(5)3/h5-18H,1-4H3;1-4H3;1-4H3. The Hall–Kier alpha value is -5.16. The van der Waals surface area contributed by atoms with Crippen molar-refractivity contribution in [2.45, 2.75) is 101 Å². The zero-order valence-electron chi connectivity index (χ0n) is 35.0. The molecule has 0 saturated carbocycles. The van der Waals surface area contributed by atoms with Crippen LogP contribution in [0.15, 0.2) is 84.9 Å². The molecule has 2 aromatic heterocycles. The lowest BCUT2D eigenvalue weighted by Crippen LogP contribution is -2.54. The van der Waals surface area contributed by atoms with Gasteiger partial charge in [0.1, 0.15) is 23.0 Å². The summed E-state index contributed by atoms with van der Waals surface area (Å²) >= 11 is 1.90. The summed E-state index contributed by atoms with van der Waals surface area (Å²) in [4.78, 5) is 11.5. The molecule has 58 heavy (non-hydrogen) atoms. The molecule has 0 aliphatic rings. The molecule has 0 aliphatic carbocycles. The molecule has 0 bridgehead atoms. The first kappa shape index (κ1) is 45.5. The van der Waals surface area contributed by atoms with Gasteiger partial charge in [-0.2, -0.15) is 26.3 Å². The summed E-state index contributed by atoms with van der Waals surface area (Å²) in [6.07, 6.45) is -11.4. The first-order valence-electron chi connectivity index (χ1n) is 18.6. The van der Waals surface area contributed by atoms with Crippen LogP contribution in [0, 0.1) is 83.1 Å². The topological polar surface area (TPSA) is 44.2 Å². The van der Waals surface area contributed by atoms with E-state index in [0.29, 0.717) is 11.5 Å². The Labute approximate surface area is 342 Å². The Morgan fingerprint density at radius 1 is 0.397 bits per heavy atom. The van der Waals surface area contributed by atoms with E-state index < -0.39 is 28.9 Å². The second-order valence-electron chi connectivity index (χ2n) is 14.5. The third-order valence-corrected chi connectivity index (χ3v) is 11.7. The predicted molar refractivity (Wildman–Crippen MR) is 222 cm³/mol. The summed E-state index contributed by atoms with van der Waals surface area (Å²) in [7, 11) is 0. The lowest BCUT2D eigenvalue weighted by Gasteiger charge is -2.38. The van der Waals surface area contributed by atoms with Gasteiger partial charge in [0.15, 0.2) is 0 Å². The molecule has 0 N–H and O–H groups in total. The molecular formula is C47H50F6N2O2S. The number of halogens is 6. The van der Waals surface area contributed by atoms with Crippen LogP contribution in [-0.2, 0) is 5.41 Å². The number of hydrogen-bond acceptors (Lipinski definition) is 5. The lowest BCUT2D eigenvalue weighted by molar-refractivity contribution is -0.288. The maximum atomic E-state index is 14.5. The van der Waals surface area contributed by atoms with E-state index in [-0.39, 0.29) is 11.5 Å². The highest BCUT2D eigenvalue weighted by molar-refractivity contribution is 7.12. The fourth-order valence-electron chi connectivity index (χ4n) is 6.09. The number of nitrogens with zero attached hydrogens (tertiary/aromatic N) is 2. The van der Waals surface area contributed by atoms with Crippen molar-refractivity contribution < 1.29 is 35.8 Å². The summed E-state index contributed by atoms with van der Waals surface area (Å²) < 4.78 is 98.5. The van der Waals surface area contributed by atoms with Gasteiger partial charge in [0.05, 0.1) is 22.8 Å². The highest BCUT2D eigenvalue weighted by atomic mass is 32.1. The van der Waals surface area contributed by atoms with Gasteiger partial charge in [-0.05, 0) is 176 Å². The van der Waals surface area contributed by atoms with Gasteiger partial charge in [-0.15, -0.1) is 11.3 Å². The fraction of sp³-hybridized carbons (Fsp3) is 0.319. The number of aryl methyl sites for hydroxylation is 10. The van der Waals surface area contributed by atoms with Crippen molar-refractivity contribution in [2.75, 3.05) is 0 Å². The minimum atomic E-state index is -5.70. The average molecular weight is 821 g/mol. The first-order valence-corrected chi connectivity index (χ1v) is 19.4. The lowest BCUT2D eigenvalue weighted by atomic mass is 9.73. The van der Waals surface area contributed by atoms with Gasteiger partial charge in [-0.3, -0.25) is 9.97 Å². The van der Waals surface area contributed by atoms with Crippen molar-refractivity contribution in [3.63, 3.8) is 0 Å². The molecule has 0 radical (unpaired) electrons. The summed E-state index contributed by atoms with van der Waals surface area (Å²) in [5, 5.41) is 0. The van der Waals surface area contributed by atoms with E-state index in [1.165, 1.54) is 20.9 Å². The van der Waals surface area contributed by atoms with Crippen LogP contribution < -0.4 is 9.47 Å². The highest BCUT2D eigenvalue weighted by Crippen LogP contribution is 2.56. The van der Waals surface area contributed by atoms with Crippen LogP contribution in [0.2, 0.25) is 0 Å². The van der Waals surface area contributed by atoms with Crippen molar-refractivity contribution in [1.29, 1.82) is 0 Å². The van der Waals surface area contributed by atoms with Crippen molar-refractivity contribution >= 4 is 11.3 Å². The van der Waals surface area contributed by atoms with Crippen LogP contribution in [0.1, 0.15) is 77.0 Å². The molecule has 0 atom stereocenters. The van der Waals surface area contributed by atoms with E-state index in [1.54, 1.807) is 24.3 Å². The van der Waals surface area contributed by atoms with E-state index in [4.69, 9.17) is 9.47 Å². The SMILES string of the molecule is Cc1ccc(Oc2ccc(C(c3ccc(Oc4ccc(C)c(C)c4)cc3)(C(F)(F)F)C(F)(F)F)cc2)cc1C.Cc1nc(C)c(C)nc1C.Cc1sc(C)c(C)c1C. The highest BCUT2D eigenvalue weighted by Gasteiger charge is 2.72. The smallest absolute Gasteiger partial charge is 0.411 e. The van der Waals surface area contributed by atoms with Crippen molar-refractivity contribution in [2.24, 2.45) is 0 Å². The number of aromatic nitrogens is 2. The molecule has 0 unspecified atom stereocenters. The monoisotopic (exact) mass is 820 g/mol. The van der Waals surface area contributed by atoms with E-state index in [1.807, 2.05) is 78.9 Å². The Morgan fingerprint density at radius 3 is 0.931 bits per heavy atom. The van der Waals surface area contributed by atoms with Crippen molar-refractivity contribution in [3.8, 4) is 23.0 Å². The molecule has 6 rings (SSSR count). The number of thiophene rings is 1. The number of hydrogen-bond donors (Lipinski definition) is 0. The van der Waals surface area contributed by atoms with Gasteiger partial charge in [0.25, 0.3) is 0 Å². The summed E-state index contributed by atoms with van der Waals surface area (Å²) in [6, 6.07) is 18.1.